The molecule has 150 valence electrons. The molecule has 1 N–H and O–H groups in total. The van der Waals surface area contributed by atoms with Crippen molar-refractivity contribution < 1.29 is 9.59 Å². The fraction of sp³-hybridized carbons (Fsp3) is 0.450. The van der Waals surface area contributed by atoms with Crippen LogP contribution in [0.15, 0.2) is 29.6 Å². The summed E-state index contributed by atoms with van der Waals surface area (Å²) in [5, 5.41) is 6.10. The molecule has 0 saturated carbocycles. The molecule has 1 fully saturated rings. The van der Waals surface area contributed by atoms with E-state index in [0.717, 1.165) is 30.2 Å². The van der Waals surface area contributed by atoms with Gasteiger partial charge in [-0.2, -0.15) is 0 Å². The van der Waals surface area contributed by atoms with Crippen LogP contribution in [-0.4, -0.2) is 54.4 Å². The van der Waals surface area contributed by atoms with Gasteiger partial charge in [-0.25, -0.2) is 4.98 Å². The first-order valence-electron chi connectivity index (χ1n) is 9.43. The van der Waals surface area contributed by atoms with Crippen molar-refractivity contribution in [1.82, 2.24) is 15.2 Å². The number of nitrogens with zero attached hydrogens (tertiary/aromatic N) is 3. The van der Waals surface area contributed by atoms with Crippen LogP contribution in [0.25, 0.3) is 0 Å². The Balaban J connectivity index is 1.45. The number of halogens is 1. The van der Waals surface area contributed by atoms with Crippen molar-refractivity contribution in [3.63, 3.8) is 0 Å². The summed E-state index contributed by atoms with van der Waals surface area (Å²) in [4.78, 5) is 33.0. The van der Waals surface area contributed by atoms with Crippen molar-refractivity contribution >= 4 is 40.4 Å². The van der Waals surface area contributed by atoms with Gasteiger partial charge < -0.3 is 15.1 Å². The molecule has 0 unspecified atom stereocenters. The van der Waals surface area contributed by atoms with Crippen molar-refractivity contribution in [1.29, 1.82) is 0 Å². The predicted molar refractivity (Wildman–Crippen MR) is 113 cm³/mol. The molecule has 1 aromatic carbocycles. The topological polar surface area (TPSA) is 65.5 Å². The fourth-order valence-corrected chi connectivity index (χ4v) is 4.28. The van der Waals surface area contributed by atoms with E-state index in [0.29, 0.717) is 29.7 Å². The third kappa shape index (κ3) is 5.45. The maximum absolute atomic E-state index is 12.4. The number of piperazine rings is 1. The highest BCUT2D eigenvalue weighted by Crippen LogP contribution is 2.20. The van der Waals surface area contributed by atoms with E-state index in [1.807, 2.05) is 24.3 Å². The van der Waals surface area contributed by atoms with Crippen LogP contribution in [0.3, 0.4) is 0 Å². The molecule has 2 heterocycles. The molecule has 1 aliphatic rings. The standard InChI is InChI=1S/C20H25ClN4O2S/c1-14(2)10-18-23-17(13-28-18)20(27)22-12-19(26)25-8-6-24(7-9-25)16-5-3-4-15(21)11-16/h3-5,11,13-14H,6-10,12H2,1-2H3,(H,22,27). The first-order valence-corrected chi connectivity index (χ1v) is 10.7. The molecule has 1 aromatic heterocycles. The Morgan fingerprint density at radius 3 is 2.68 bits per heavy atom. The molecule has 0 spiro atoms. The van der Waals surface area contributed by atoms with E-state index < -0.39 is 0 Å². The third-order valence-corrected chi connectivity index (χ3v) is 5.68. The van der Waals surface area contributed by atoms with Gasteiger partial charge in [0.15, 0.2) is 0 Å². The number of rotatable bonds is 6. The van der Waals surface area contributed by atoms with Crippen LogP contribution in [0.5, 0.6) is 0 Å². The Morgan fingerprint density at radius 1 is 1.25 bits per heavy atom. The van der Waals surface area contributed by atoms with E-state index in [9.17, 15) is 9.59 Å². The van der Waals surface area contributed by atoms with Gasteiger partial charge in [0, 0.05) is 48.7 Å². The van der Waals surface area contributed by atoms with Crippen LogP contribution in [0.4, 0.5) is 5.69 Å². The van der Waals surface area contributed by atoms with E-state index >= 15 is 0 Å². The number of amides is 2. The van der Waals surface area contributed by atoms with Crippen molar-refractivity contribution in [3.8, 4) is 0 Å². The highest BCUT2D eigenvalue weighted by atomic mass is 35.5. The monoisotopic (exact) mass is 420 g/mol. The van der Waals surface area contributed by atoms with E-state index in [1.54, 1.807) is 10.3 Å². The highest BCUT2D eigenvalue weighted by molar-refractivity contribution is 7.09. The minimum absolute atomic E-state index is 0.00691. The normalized spacial score (nSPS) is 14.4. The summed E-state index contributed by atoms with van der Waals surface area (Å²) in [6.07, 6.45) is 0.855. The highest BCUT2D eigenvalue weighted by Gasteiger charge is 2.22. The van der Waals surface area contributed by atoms with Crippen molar-refractivity contribution in [2.75, 3.05) is 37.6 Å². The zero-order chi connectivity index (χ0) is 20.1. The number of nitrogens with one attached hydrogen (secondary N) is 1. The van der Waals surface area contributed by atoms with Gasteiger partial charge >= 0.3 is 0 Å². The SMILES string of the molecule is CC(C)Cc1nc(C(=O)NCC(=O)N2CCN(c3cccc(Cl)c3)CC2)cs1. The lowest BCUT2D eigenvalue weighted by Crippen LogP contribution is -2.51. The number of hydrogen-bond donors (Lipinski definition) is 1. The lowest BCUT2D eigenvalue weighted by Gasteiger charge is -2.36. The predicted octanol–water partition coefficient (Wildman–Crippen LogP) is 3.07. The van der Waals surface area contributed by atoms with Crippen LogP contribution in [0.2, 0.25) is 5.02 Å². The number of hydrogen-bond acceptors (Lipinski definition) is 5. The molecule has 6 nitrogen and oxygen atoms in total. The van der Waals surface area contributed by atoms with Crippen LogP contribution >= 0.6 is 22.9 Å². The first-order chi connectivity index (χ1) is 13.4. The smallest absolute Gasteiger partial charge is 0.271 e. The molecule has 28 heavy (non-hydrogen) atoms. The van der Waals surface area contributed by atoms with Crippen molar-refractivity contribution in [2.45, 2.75) is 20.3 Å². The molecule has 3 rings (SSSR count). The van der Waals surface area contributed by atoms with Gasteiger partial charge in [0.2, 0.25) is 5.91 Å². The Labute approximate surface area is 174 Å². The second-order valence-electron chi connectivity index (χ2n) is 7.25. The molecular weight excluding hydrogens is 396 g/mol. The summed E-state index contributed by atoms with van der Waals surface area (Å²) in [5.41, 5.74) is 1.45. The Morgan fingerprint density at radius 2 is 2.00 bits per heavy atom. The van der Waals surface area contributed by atoms with Gasteiger partial charge in [-0.3, -0.25) is 9.59 Å². The zero-order valence-corrected chi connectivity index (χ0v) is 17.7. The number of benzene rings is 1. The molecule has 0 atom stereocenters. The summed E-state index contributed by atoms with van der Waals surface area (Å²) in [6.45, 7) is 6.95. The Kier molecular flexibility index (Phi) is 6.91. The molecule has 8 heteroatoms. The molecular formula is C20H25ClN4O2S. The number of carbonyl (C=O) groups is 2. The molecule has 1 aliphatic heterocycles. The van der Waals surface area contributed by atoms with E-state index in [-0.39, 0.29) is 18.4 Å². The minimum atomic E-state index is -0.294. The second-order valence-corrected chi connectivity index (χ2v) is 8.63. The quantitative estimate of drug-likeness (QED) is 0.779. The largest absolute Gasteiger partial charge is 0.368 e. The molecule has 0 radical (unpaired) electrons. The lowest BCUT2D eigenvalue weighted by atomic mass is 10.1. The molecule has 2 aromatic rings. The van der Waals surface area contributed by atoms with Crippen molar-refractivity contribution in [3.05, 3.63) is 45.4 Å². The number of carbonyl (C=O) groups excluding carboxylic acids is 2. The Bertz CT molecular complexity index is 831. The fourth-order valence-electron chi connectivity index (χ4n) is 3.10. The first kappa shape index (κ1) is 20.6. The minimum Gasteiger partial charge on any atom is -0.368 e. The van der Waals surface area contributed by atoms with Crippen LogP contribution < -0.4 is 10.2 Å². The summed E-state index contributed by atoms with van der Waals surface area (Å²) in [6, 6.07) is 7.73. The molecule has 2 amide bonds. The number of anilines is 1. The summed E-state index contributed by atoms with van der Waals surface area (Å²) in [5.74, 6) is 0.128. The Hall–Kier alpha value is -2.12. The van der Waals surface area contributed by atoms with Crippen molar-refractivity contribution in [2.24, 2.45) is 5.92 Å². The van der Waals surface area contributed by atoms with E-state index in [1.165, 1.54) is 11.3 Å². The van der Waals surface area contributed by atoms with Gasteiger partial charge in [0.1, 0.15) is 5.69 Å². The lowest BCUT2D eigenvalue weighted by molar-refractivity contribution is -0.130. The molecule has 1 saturated heterocycles. The average Bonchev–Trinajstić information content (AvgIpc) is 3.14. The third-order valence-electron chi connectivity index (χ3n) is 4.57. The van der Waals surface area contributed by atoms with Gasteiger partial charge in [-0.15, -0.1) is 11.3 Å². The van der Waals surface area contributed by atoms with E-state index in [4.69, 9.17) is 11.6 Å². The number of thiazole rings is 1. The number of aromatic nitrogens is 1. The van der Waals surface area contributed by atoms with Crippen LogP contribution in [0.1, 0.15) is 29.3 Å². The summed E-state index contributed by atoms with van der Waals surface area (Å²) < 4.78 is 0. The van der Waals surface area contributed by atoms with Crippen LogP contribution in [0, 0.1) is 5.92 Å². The van der Waals surface area contributed by atoms with Gasteiger partial charge in [0.25, 0.3) is 5.91 Å². The maximum Gasteiger partial charge on any atom is 0.271 e. The molecule has 0 bridgehead atoms. The van der Waals surface area contributed by atoms with Gasteiger partial charge in [-0.05, 0) is 24.1 Å². The summed E-state index contributed by atoms with van der Waals surface area (Å²) >= 11 is 7.54. The van der Waals surface area contributed by atoms with E-state index in [2.05, 4.69) is 29.0 Å². The average molecular weight is 421 g/mol. The van der Waals surface area contributed by atoms with Gasteiger partial charge in [-0.1, -0.05) is 31.5 Å². The molecule has 0 aliphatic carbocycles. The van der Waals surface area contributed by atoms with Gasteiger partial charge in [0.05, 0.1) is 11.6 Å². The summed E-state index contributed by atoms with van der Waals surface area (Å²) in [7, 11) is 0. The second kappa shape index (κ2) is 9.39. The maximum atomic E-state index is 12.4. The van der Waals surface area contributed by atoms with Crippen LogP contribution in [-0.2, 0) is 11.2 Å². The zero-order valence-electron chi connectivity index (χ0n) is 16.2.